The van der Waals surface area contributed by atoms with E-state index in [4.69, 9.17) is 10.2 Å². The van der Waals surface area contributed by atoms with E-state index in [1.165, 1.54) is 36.0 Å². The second-order valence-corrected chi connectivity index (χ2v) is 5.88. The number of rotatable bonds is 7. The van der Waals surface area contributed by atoms with Gasteiger partial charge in [0.15, 0.2) is 0 Å². The standard InChI is InChI=1S/C18H22FN3O4/c1-3-11-4-5-15(14(19)6-11)21-16-7-17(25)22(2)8-13(16)18(26)20-12(9-23)10-24/h4-8,12,21,23-24H,3,9-10H2,1-2H3,(H,20,26). The fourth-order valence-electron chi connectivity index (χ4n) is 2.35. The largest absolute Gasteiger partial charge is 0.394 e. The molecule has 0 atom stereocenters. The van der Waals surface area contributed by atoms with Crippen LogP contribution in [0.4, 0.5) is 15.8 Å². The van der Waals surface area contributed by atoms with Crippen molar-refractivity contribution in [3.63, 3.8) is 0 Å². The van der Waals surface area contributed by atoms with E-state index >= 15 is 0 Å². The highest BCUT2D eigenvalue weighted by Gasteiger charge is 2.18. The van der Waals surface area contributed by atoms with Crippen molar-refractivity contribution in [2.24, 2.45) is 7.05 Å². The van der Waals surface area contributed by atoms with Gasteiger partial charge in [0.2, 0.25) is 0 Å². The molecule has 0 saturated carbocycles. The molecule has 0 spiro atoms. The molecule has 0 radical (unpaired) electrons. The Morgan fingerprint density at radius 2 is 1.92 bits per heavy atom. The van der Waals surface area contributed by atoms with Crippen LogP contribution in [-0.4, -0.2) is 39.9 Å². The predicted octanol–water partition coefficient (Wildman–Crippen LogP) is 0.913. The highest BCUT2D eigenvalue weighted by Crippen LogP contribution is 2.23. The number of aliphatic hydroxyl groups excluding tert-OH is 2. The molecule has 0 unspecified atom stereocenters. The lowest BCUT2D eigenvalue weighted by Crippen LogP contribution is -2.40. The number of amides is 1. The van der Waals surface area contributed by atoms with Crippen molar-refractivity contribution in [1.29, 1.82) is 0 Å². The molecule has 2 aromatic rings. The molecule has 0 bridgehead atoms. The van der Waals surface area contributed by atoms with Gasteiger partial charge in [-0.05, 0) is 24.1 Å². The third-order valence-corrected chi connectivity index (χ3v) is 3.96. The number of hydrogen-bond acceptors (Lipinski definition) is 5. The molecular weight excluding hydrogens is 341 g/mol. The maximum absolute atomic E-state index is 14.2. The first-order valence-corrected chi connectivity index (χ1v) is 8.18. The molecule has 0 aliphatic rings. The summed E-state index contributed by atoms with van der Waals surface area (Å²) < 4.78 is 15.5. The Hall–Kier alpha value is -2.71. The SMILES string of the molecule is CCc1ccc(Nc2cc(=O)n(C)cc2C(=O)NC(CO)CO)c(F)c1. The van der Waals surface area contributed by atoms with E-state index in [9.17, 15) is 14.0 Å². The first kappa shape index (κ1) is 19.6. The molecule has 1 aromatic heterocycles. The second kappa shape index (κ2) is 8.59. The number of halogens is 1. The van der Waals surface area contributed by atoms with Gasteiger partial charge in [-0.1, -0.05) is 13.0 Å². The van der Waals surface area contributed by atoms with Gasteiger partial charge in [-0.3, -0.25) is 9.59 Å². The first-order valence-electron chi connectivity index (χ1n) is 8.18. The third kappa shape index (κ3) is 4.47. The summed E-state index contributed by atoms with van der Waals surface area (Å²) >= 11 is 0. The van der Waals surface area contributed by atoms with E-state index < -0.39 is 31.0 Å². The topological polar surface area (TPSA) is 104 Å². The predicted molar refractivity (Wildman–Crippen MR) is 96.2 cm³/mol. The lowest BCUT2D eigenvalue weighted by atomic mass is 10.1. The van der Waals surface area contributed by atoms with Gasteiger partial charge in [-0.2, -0.15) is 0 Å². The molecule has 1 amide bonds. The molecule has 0 fully saturated rings. The van der Waals surface area contributed by atoms with Crippen molar-refractivity contribution in [3.8, 4) is 0 Å². The van der Waals surface area contributed by atoms with Gasteiger partial charge < -0.3 is 25.4 Å². The highest BCUT2D eigenvalue weighted by atomic mass is 19.1. The van der Waals surface area contributed by atoms with Crippen LogP contribution in [0.5, 0.6) is 0 Å². The van der Waals surface area contributed by atoms with Gasteiger partial charge in [0.05, 0.1) is 36.2 Å². The molecule has 2 rings (SSSR count). The minimum Gasteiger partial charge on any atom is -0.394 e. The number of hydrogen-bond donors (Lipinski definition) is 4. The third-order valence-electron chi connectivity index (χ3n) is 3.96. The zero-order valence-electron chi connectivity index (χ0n) is 14.6. The van der Waals surface area contributed by atoms with Gasteiger partial charge in [-0.25, -0.2) is 4.39 Å². The zero-order chi connectivity index (χ0) is 19.3. The summed E-state index contributed by atoms with van der Waals surface area (Å²) in [6.45, 7) is 1.03. The van der Waals surface area contributed by atoms with Crippen molar-refractivity contribution in [2.75, 3.05) is 18.5 Å². The smallest absolute Gasteiger partial charge is 0.255 e. The van der Waals surface area contributed by atoms with Crippen LogP contribution in [0, 0.1) is 5.82 Å². The zero-order valence-corrected chi connectivity index (χ0v) is 14.6. The summed E-state index contributed by atoms with van der Waals surface area (Å²) in [5.41, 5.74) is 0.783. The van der Waals surface area contributed by atoms with Crippen LogP contribution in [0.15, 0.2) is 35.3 Å². The number of anilines is 2. The number of nitrogens with one attached hydrogen (secondary N) is 2. The molecule has 4 N–H and O–H groups in total. The van der Waals surface area contributed by atoms with Crippen LogP contribution >= 0.6 is 0 Å². The van der Waals surface area contributed by atoms with Crippen LogP contribution in [-0.2, 0) is 13.5 Å². The van der Waals surface area contributed by atoms with Crippen molar-refractivity contribution < 1.29 is 19.4 Å². The Kier molecular flexibility index (Phi) is 6.48. The normalized spacial score (nSPS) is 10.8. The monoisotopic (exact) mass is 363 g/mol. The van der Waals surface area contributed by atoms with E-state index in [-0.39, 0.29) is 22.5 Å². The van der Waals surface area contributed by atoms with E-state index in [2.05, 4.69) is 10.6 Å². The first-order chi connectivity index (χ1) is 12.4. The number of aryl methyl sites for hydroxylation is 2. The molecule has 8 heteroatoms. The molecular formula is C18H22FN3O4. The molecule has 1 heterocycles. The second-order valence-electron chi connectivity index (χ2n) is 5.88. The fraction of sp³-hybridized carbons (Fsp3) is 0.333. The van der Waals surface area contributed by atoms with Crippen molar-refractivity contribution in [1.82, 2.24) is 9.88 Å². The van der Waals surface area contributed by atoms with Gasteiger partial charge in [0.1, 0.15) is 5.82 Å². The Balaban J connectivity index is 2.40. The summed E-state index contributed by atoms with van der Waals surface area (Å²) in [6.07, 6.45) is 1.99. The Labute approximate surface area is 150 Å². The van der Waals surface area contributed by atoms with E-state index in [1.807, 2.05) is 6.92 Å². The number of pyridine rings is 1. The Morgan fingerprint density at radius 1 is 1.23 bits per heavy atom. The van der Waals surface area contributed by atoms with Crippen LogP contribution in [0.2, 0.25) is 0 Å². The van der Waals surface area contributed by atoms with Crippen LogP contribution in [0.3, 0.4) is 0 Å². The molecule has 0 aliphatic heterocycles. The summed E-state index contributed by atoms with van der Waals surface area (Å²) in [5, 5.41) is 23.5. The molecule has 140 valence electrons. The Bertz CT molecular complexity index is 847. The lowest BCUT2D eigenvalue weighted by Gasteiger charge is -2.17. The number of nitrogens with zero attached hydrogens (tertiary/aromatic N) is 1. The average molecular weight is 363 g/mol. The van der Waals surface area contributed by atoms with Crippen molar-refractivity contribution in [3.05, 3.63) is 57.8 Å². The van der Waals surface area contributed by atoms with E-state index in [1.54, 1.807) is 6.07 Å². The summed E-state index contributed by atoms with van der Waals surface area (Å²) in [7, 11) is 1.48. The van der Waals surface area contributed by atoms with Gasteiger partial charge in [-0.15, -0.1) is 0 Å². The maximum Gasteiger partial charge on any atom is 0.255 e. The molecule has 7 nitrogen and oxygen atoms in total. The van der Waals surface area contributed by atoms with E-state index in [0.29, 0.717) is 6.42 Å². The van der Waals surface area contributed by atoms with Gasteiger partial charge in [0, 0.05) is 19.3 Å². The van der Waals surface area contributed by atoms with Crippen molar-refractivity contribution in [2.45, 2.75) is 19.4 Å². The van der Waals surface area contributed by atoms with Gasteiger partial charge >= 0.3 is 0 Å². The number of aliphatic hydroxyl groups is 2. The molecule has 1 aromatic carbocycles. The quantitative estimate of drug-likeness (QED) is 0.586. The summed E-state index contributed by atoms with van der Waals surface area (Å²) in [4.78, 5) is 24.4. The van der Waals surface area contributed by atoms with Crippen LogP contribution < -0.4 is 16.2 Å². The maximum atomic E-state index is 14.2. The number of carbonyl (C=O) groups excluding carboxylic acids is 1. The minimum absolute atomic E-state index is 0.0815. The van der Waals surface area contributed by atoms with Gasteiger partial charge in [0.25, 0.3) is 11.5 Å². The summed E-state index contributed by atoms with van der Waals surface area (Å²) in [6, 6.07) is 5.02. The number of carbonyl (C=O) groups is 1. The van der Waals surface area contributed by atoms with Crippen molar-refractivity contribution >= 4 is 17.3 Å². The number of aromatic nitrogens is 1. The summed E-state index contributed by atoms with van der Waals surface area (Å²) in [5.74, 6) is -1.11. The number of benzene rings is 1. The average Bonchev–Trinajstić information content (AvgIpc) is 2.63. The van der Waals surface area contributed by atoms with Crippen LogP contribution in [0.25, 0.3) is 0 Å². The van der Waals surface area contributed by atoms with E-state index in [0.717, 1.165) is 5.56 Å². The minimum atomic E-state index is -0.840. The fourth-order valence-corrected chi connectivity index (χ4v) is 2.35. The molecule has 0 saturated heterocycles. The highest BCUT2D eigenvalue weighted by molar-refractivity contribution is 6.00. The lowest BCUT2D eigenvalue weighted by molar-refractivity contribution is 0.0879. The Morgan fingerprint density at radius 3 is 2.50 bits per heavy atom. The molecule has 26 heavy (non-hydrogen) atoms. The molecule has 0 aliphatic carbocycles. The van der Waals surface area contributed by atoms with Crippen LogP contribution in [0.1, 0.15) is 22.8 Å².